The first-order valence-electron chi connectivity index (χ1n) is 7.61. The van der Waals surface area contributed by atoms with Crippen molar-refractivity contribution in [2.75, 3.05) is 30.3 Å². The van der Waals surface area contributed by atoms with Gasteiger partial charge in [-0.15, -0.1) is 0 Å². The first kappa shape index (κ1) is 14.7. The van der Waals surface area contributed by atoms with Crippen molar-refractivity contribution in [2.24, 2.45) is 5.92 Å². The highest BCUT2D eigenvalue weighted by Crippen LogP contribution is 2.31. The van der Waals surface area contributed by atoms with Gasteiger partial charge in [-0.25, -0.2) is 18.4 Å². The Kier molecular flexibility index (Phi) is 4.12. The quantitative estimate of drug-likeness (QED) is 0.833. The fourth-order valence-corrected chi connectivity index (χ4v) is 5.19. The third kappa shape index (κ3) is 3.03. The third-order valence-corrected chi connectivity index (χ3v) is 6.40. The first-order valence-corrected chi connectivity index (χ1v) is 9.22. The Bertz CT molecular complexity index is 578. The van der Waals surface area contributed by atoms with Crippen LogP contribution >= 0.6 is 0 Å². The van der Waals surface area contributed by atoms with E-state index in [2.05, 4.69) is 14.9 Å². The van der Waals surface area contributed by atoms with E-state index in [1.165, 1.54) is 0 Å². The number of nitrogens with zero attached hydrogens (tertiary/aromatic N) is 4. The van der Waals surface area contributed by atoms with Gasteiger partial charge in [0.1, 0.15) is 0 Å². The van der Waals surface area contributed by atoms with Crippen LogP contribution in [0.1, 0.15) is 26.2 Å². The lowest BCUT2D eigenvalue weighted by molar-refractivity contribution is 0.230. The molecule has 0 aromatic carbocycles. The molecule has 2 atom stereocenters. The van der Waals surface area contributed by atoms with Crippen LogP contribution in [-0.4, -0.2) is 54.1 Å². The van der Waals surface area contributed by atoms with Crippen LogP contribution in [0.4, 0.5) is 5.95 Å². The highest BCUT2D eigenvalue weighted by molar-refractivity contribution is 7.89. The zero-order valence-corrected chi connectivity index (χ0v) is 13.2. The molecule has 7 heteroatoms. The van der Waals surface area contributed by atoms with Crippen LogP contribution in [-0.2, 0) is 10.0 Å². The smallest absolute Gasteiger partial charge is 0.225 e. The number of rotatable bonds is 4. The highest BCUT2D eigenvalue weighted by atomic mass is 32.2. The number of piperidine rings is 1. The van der Waals surface area contributed by atoms with Crippen molar-refractivity contribution in [1.82, 2.24) is 14.3 Å². The number of sulfonamides is 1. The molecule has 0 N–H and O–H groups in total. The van der Waals surface area contributed by atoms with Gasteiger partial charge in [-0.05, 0) is 31.2 Å². The molecule has 3 fully saturated rings. The van der Waals surface area contributed by atoms with Gasteiger partial charge < -0.3 is 4.90 Å². The van der Waals surface area contributed by atoms with Gasteiger partial charge in [0.25, 0.3) is 0 Å². The van der Waals surface area contributed by atoms with E-state index >= 15 is 0 Å². The standard InChI is InChI=1S/C14H22N4O2S/c1-2-8-21(19,20)18-10-12-4-5-13(18)11-17(9-12)14-15-6-3-7-16-14/h3,6-7,12-13H,2,4-5,8-11H2,1H3. The molecule has 21 heavy (non-hydrogen) atoms. The van der Waals surface area contributed by atoms with E-state index in [0.717, 1.165) is 19.4 Å². The Morgan fingerprint density at radius 2 is 1.95 bits per heavy atom. The van der Waals surface area contributed by atoms with E-state index < -0.39 is 10.0 Å². The molecule has 0 saturated carbocycles. The minimum absolute atomic E-state index is 0.0594. The summed E-state index contributed by atoms with van der Waals surface area (Å²) in [6, 6.07) is 1.86. The summed E-state index contributed by atoms with van der Waals surface area (Å²) in [6.07, 6.45) is 6.17. The number of hydrogen-bond donors (Lipinski definition) is 0. The average Bonchev–Trinajstić information content (AvgIpc) is 2.80. The minimum Gasteiger partial charge on any atom is -0.339 e. The molecule has 4 rings (SSSR count). The summed E-state index contributed by atoms with van der Waals surface area (Å²) in [5.41, 5.74) is 0. The summed E-state index contributed by atoms with van der Waals surface area (Å²) < 4.78 is 26.6. The fraction of sp³-hybridized carbons (Fsp3) is 0.714. The maximum absolute atomic E-state index is 12.4. The van der Waals surface area contributed by atoms with Crippen LogP contribution in [0, 0.1) is 5.92 Å². The Hall–Kier alpha value is -1.21. The van der Waals surface area contributed by atoms with Crippen LogP contribution in [0.25, 0.3) is 0 Å². The average molecular weight is 310 g/mol. The molecule has 2 unspecified atom stereocenters. The van der Waals surface area contributed by atoms with Crippen molar-refractivity contribution in [3.8, 4) is 0 Å². The number of hydrogen-bond acceptors (Lipinski definition) is 5. The summed E-state index contributed by atoms with van der Waals surface area (Å²) in [6.45, 7) is 4.11. The molecular formula is C14H22N4O2S. The molecule has 0 spiro atoms. The van der Waals surface area contributed by atoms with Crippen LogP contribution in [0.5, 0.6) is 0 Å². The molecular weight excluding hydrogens is 288 g/mol. The molecule has 1 aromatic rings. The molecule has 1 aromatic heterocycles. The Labute approximate surface area is 126 Å². The number of aromatic nitrogens is 2. The molecule has 3 aliphatic rings. The summed E-state index contributed by atoms with van der Waals surface area (Å²) in [4.78, 5) is 10.8. The van der Waals surface area contributed by atoms with Gasteiger partial charge in [-0.1, -0.05) is 6.92 Å². The second-order valence-electron chi connectivity index (χ2n) is 5.94. The lowest BCUT2D eigenvalue weighted by Crippen LogP contribution is -2.48. The summed E-state index contributed by atoms with van der Waals surface area (Å²) in [5.74, 6) is 1.33. The monoisotopic (exact) mass is 310 g/mol. The molecule has 0 amide bonds. The topological polar surface area (TPSA) is 66.4 Å². The lowest BCUT2D eigenvalue weighted by Gasteiger charge is -2.34. The first-order chi connectivity index (χ1) is 10.1. The third-order valence-electron chi connectivity index (χ3n) is 4.32. The van der Waals surface area contributed by atoms with Gasteiger partial charge in [-0.2, -0.15) is 4.31 Å². The van der Waals surface area contributed by atoms with Gasteiger partial charge in [-0.3, -0.25) is 0 Å². The molecule has 2 bridgehead atoms. The maximum Gasteiger partial charge on any atom is 0.225 e. The predicted molar refractivity (Wildman–Crippen MR) is 81.5 cm³/mol. The van der Waals surface area contributed by atoms with Crippen molar-refractivity contribution in [1.29, 1.82) is 0 Å². The van der Waals surface area contributed by atoms with Gasteiger partial charge in [0.2, 0.25) is 16.0 Å². The van der Waals surface area contributed by atoms with Crippen LogP contribution < -0.4 is 4.90 Å². The number of anilines is 1. The molecule has 3 saturated heterocycles. The molecule has 3 aliphatic heterocycles. The molecule has 116 valence electrons. The van der Waals surface area contributed by atoms with Crippen LogP contribution in [0.2, 0.25) is 0 Å². The molecule has 0 aliphatic carbocycles. The molecule has 0 radical (unpaired) electrons. The predicted octanol–water partition coefficient (Wildman–Crippen LogP) is 1.12. The van der Waals surface area contributed by atoms with Gasteiger partial charge in [0.05, 0.1) is 5.75 Å². The van der Waals surface area contributed by atoms with Crippen molar-refractivity contribution < 1.29 is 8.42 Å². The maximum atomic E-state index is 12.4. The Balaban J connectivity index is 1.83. The number of fused-ring (bicyclic) bond motifs is 4. The Morgan fingerprint density at radius 1 is 1.19 bits per heavy atom. The normalized spacial score (nSPS) is 26.8. The van der Waals surface area contributed by atoms with Crippen LogP contribution in [0.15, 0.2) is 18.5 Å². The van der Waals surface area contributed by atoms with Crippen molar-refractivity contribution >= 4 is 16.0 Å². The van der Waals surface area contributed by atoms with Crippen molar-refractivity contribution in [3.63, 3.8) is 0 Å². The molecule has 6 nitrogen and oxygen atoms in total. The van der Waals surface area contributed by atoms with E-state index in [1.807, 2.05) is 6.92 Å². The summed E-state index contributed by atoms with van der Waals surface area (Å²) in [5, 5.41) is 0. The van der Waals surface area contributed by atoms with Gasteiger partial charge >= 0.3 is 0 Å². The second-order valence-corrected chi connectivity index (χ2v) is 7.98. The Morgan fingerprint density at radius 3 is 2.67 bits per heavy atom. The minimum atomic E-state index is -3.13. The van der Waals surface area contributed by atoms with E-state index in [0.29, 0.717) is 31.4 Å². The van der Waals surface area contributed by atoms with Gasteiger partial charge in [0, 0.05) is 38.1 Å². The zero-order chi connectivity index (χ0) is 14.9. The fourth-order valence-electron chi connectivity index (χ4n) is 3.37. The van der Waals surface area contributed by atoms with E-state index in [4.69, 9.17) is 0 Å². The van der Waals surface area contributed by atoms with Crippen molar-refractivity contribution in [2.45, 2.75) is 32.2 Å². The van der Waals surface area contributed by atoms with Crippen LogP contribution in [0.3, 0.4) is 0 Å². The highest BCUT2D eigenvalue weighted by Gasteiger charge is 2.40. The second kappa shape index (κ2) is 5.88. The van der Waals surface area contributed by atoms with Gasteiger partial charge in [0.15, 0.2) is 0 Å². The summed E-state index contributed by atoms with van der Waals surface area (Å²) >= 11 is 0. The molecule has 4 heterocycles. The van der Waals surface area contributed by atoms with E-state index in [1.54, 1.807) is 22.8 Å². The SMILES string of the molecule is CCCS(=O)(=O)N1CC2CCC1CN(c1ncccn1)C2. The lowest BCUT2D eigenvalue weighted by atomic mass is 9.97. The van der Waals surface area contributed by atoms with Crippen molar-refractivity contribution in [3.05, 3.63) is 18.5 Å². The van der Waals surface area contributed by atoms with E-state index in [-0.39, 0.29) is 11.8 Å². The van der Waals surface area contributed by atoms with E-state index in [9.17, 15) is 8.42 Å². The largest absolute Gasteiger partial charge is 0.339 e. The zero-order valence-electron chi connectivity index (χ0n) is 12.4. The summed E-state index contributed by atoms with van der Waals surface area (Å²) in [7, 11) is -3.13.